The smallest absolute Gasteiger partial charge is 0.326 e. The molecule has 0 atom stereocenters. The van der Waals surface area contributed by atoms with Gasteiger partial charge in [-0.15, -0.1) is 0 Å². The minimum atomic E-state index is -0.433. The van der Waals surface area contributed by atoms with Crippen LogP contribution in [0.2, 0.25) is 0 Å². The van der Waals surface area contributed by atoms with Gasteiger partial charge in [0.2, 0.25) is 0 Å². The largest absolute Gasteiger partial charge is 0.468 e. The van der Waals surface area contributed by atoms with E-state index >= 15 is 0 Å². The second-order valence-electron chi connectivity index (χ2n) is 4.07. The van der Waals surface area contributed by atoms with Crippen LogP contribution >= 0.6 is 0 Å². The molecule has 0 spiro atoms. The summed E-state index contributed by atoms with van der Waals surface area (Å²) < 4.78 is 6.70. The van der Waals surface area contributed by atoms with E-state index in [2.05, 4.69) is 10.4 Å². The Bertz CT molecular complexity index is 382. The first kappa shape index (κ1) is 11.1. The predicted molar refractivity (Wildman–Crippen MR) is 58.7 cm³/mol. The number of esters is 1. The highest BCUT2D eigenvalue weighted by molar-refractivity contribution is 5.84. The lowest BCUT2D eigenvalue weighted by Crippen LogP contribution is -2.40. The van der Waals surface area contributed by atoms with E-state index in [4.69, 9.17) is 4.74 Å². The van der Waals surface area contributed by atoms with Gasteiger partial charge < -0.3 is 4.74 Å². The van der Waals surface area contributed by atoms with E-state index in [1.165, 1.54) is 7.11 Å². The van der Waals surface area contributed by atoms with E-state index in [9.17, 15) is 4.79 Å². The maximum absolute atomic E-state index is 11.5. The summed E-state index contributed by atoms with van der Waals surface area (Å²) in [6, 6.07) is 1.96. The first-order valence-electron chi connectivity index (χ1n) is 5.56. The molecule has 1 aromatic heterocycles. The lowest BCUT2D eigenvalue weighted by Gasteiger charge is -2.14. The average molecular weight is 223 g/mol. The zero-order valence-electron chi connectivity index (χ0n) is 9.69. The highest BCUT2D eigenvalue weighted by Crippen LogP contribution is 2.36. The number of ether oxygens (including phenoxy) is 1. The molecule has 0 saturated heterocycles. The number of nitrogens with zero attached hydrogens (tertiary/aromatic N) is 2. The Morgan fingerprint density at radius 2 is 2.44 bits per heavy atom. The van der Waals surface area contributed by atoms with Gasteiger partial charge in [0.05, 0.1) is 12.8 Å². The monoisotopic (exact) mass is 223 g/mol. The lowest BCUT2D eigenvalue weighted by molar-refractivity contribution is -0.144. The SMILES string of the molecule is CCn1nccc1CNC1(C(=O)OC)CC1. The lowest BCUT2D eigenvalue weighted by atomic mass is 10.2. The van der Waals surface area contributed by atoms with Crippen molar-refractivity contribution in [2.75, 3.05) is 7.11 Å². The van der Waals surface area contributed by atoms with Gasteiger partial charge >= 0.3 is 5.97 Å². The second kappa shape index (κ2) is 4.25. The highest BCUT2D eigenvalue weighted by Gasteiger charge is 2.50. The molecule has 1 fully saturated rings. The molecule has 1 N–H and O–H groups in total. The second-order valence-corrected chi connectivity index (χ2v) is 4.07. The Hall–Kier alpha value is -1.36. The molecule has 1 heterocycles. The number of hydrogen-bond donors (Lipinski definition) is 1. The first-order valence-corrected chi connectivity index (χ1v) is 5.56. The zero-order valence-corrected chi connectivity index (χ0v) is 9.69. The Morgan fingerprint density at radius 1 is 1.69 bits per heavy atom. The van der Waals surface area contributed by atoms with Gasteiger partial charge in [-0.2, -0.15) is 5.10 Å². The van der Waals surface area contributed by atoms with Crippen LogP contribution in [0.5, 0.6) is 0 Å². The topological polar surface area (TPSA) is 56.2 Å². The van der Waals surface area contributed by atoms with Gasteiger partial charge in [0.15, 0.2) is 0 Å². The van der Waals surface area contributed by atoms with Crippen molar-refractivity contribution < 1.29 is 9.53 Å². The predicted octanol–water partition coefficient (Wildman–Crippen LogP) is 0.698. The molecule has 1 aromatic rings. The molecule has 5 nitrogen and oxygen atoms in total. The van der Waals surface area contributed by atoms with Crippen molar-refractivity contribution in [1.29, 1.82) is 0 Å². The fourth-order valence-electron chi connectivity index (χ4n) is 1.83. The van der Waals surface area contributed by atoms with E-state index in [0.717, 1.165) is 25.1 Å². The summed E-state index contributed by atoms with van der Waals surface area (Å²) in [4.78, 5) is 11.5. The van der Waals surface area contributed by atoms with E-state index < -0.39 is 5.54 Å². The van der Waals surface area contributed by atoms with Crippen LogP contribution in [0, 0.1) is 0 Å². The van der Waals surface area contributed by atoms with Gasteiger partial charge in [0, 0.05) is 19.3 Å². The summed E-state index contributed by atoms with van der Waals surface area (Å²) >= 11 is 0. The summed E-state index contributed by atoms with van der Waals surface area (Å²) in [5, 5.41) is 7.44. The van der Waals surface area contributed by atoms with Gasteiger partial charge in [0.25, 0.3) is 0 Å². The maximum atomic E-state index is 11.5. The molecular weight excluding hydrogens is 206 g/mol. The summed E-state index contributed by atoms with van der Waals surface area (Å²) in [5.74, 6) is -0.157. The van der Waals surface area contributed by atoms with Crippen LogP contribution in [0.4, 0.5) is 0 Å². The highest BCUT2D eigenvalue weighted by atomic mass is 16.5. The van der Waals surface area contributed by atoms with Crippen LogP contribution in [-0.2, 0) is 22.6 Å². The molecule has 0 radical (unpaired) electrons. The van der Waals surface area contributed by atoms with Gasteiger partial charge in [-0.05, 0) is 25.8 Å². The van der Waals surface area contributed by atoms with Gasteiger partial charge in [0.1, 0.15) is 5.54 Å². The van der Waals surface area contributed by atoms with Crippen LogP contribution in [0.1, 0.15) is 25.5 Å². The van der Waals surface area contributed by atoms with Gasteiger partial charge in [-0.1, -0.05) is 0 Å². The molecule has 0 aromatic carbocycles. The van der Waals surface area contributed by atoms with Crippen molar-refractivity contribution in [3.05, 3.63) is 18.0 Å². The van der Waals surface area contributed by atoms with Crippen LogP contribution in [0.3, 0.4) is 0 Å². The van der Waals surface area contributed by atoms with E-state index in [1.807, 2.05) is 17.7 Å². The number of hydrogen-bond acceptors (Lipinski definition) is 4. The Labute approximate surface area is 94.8 Å². The standard InChI is InChI=1S/C11H17N3O2/c1-3-14-9(4-7-13-14)8-12-11(5-6-11)10(15)16-2/h4,7,12H,3,5-6,8H2,1-2H3. The van der Waals surface area contributed by atoms with Crippen molar-refractivity contribution >= 4 is 5.97 Å². The Balaban J connectivity index is 1.95. The van der Waals surface area contributed by atoms with Crippen molar-refractivity contribution in [1.82, 2.24) is 15.1 Å². The first-order chi connectivity index (χ1) is 7.72. The number of carbonyl (C=O) groups excluding carboxylic acids is 1. The number of nitrogens with one attached hydrogen (secondary N) is 1. The van der Waals surface area contributed by atoms with E-state index in [-0.39, 0.29) is 5.97 Å². The fourth-order valence-corrected chi connectivity index (χ4v) is 1.83. The molecule has 2 rings (SSSR count). The third-order valence-corrected chi connectivity index (χ3v) is 3.04. The maximum Gasteiger partial charge on any atom is 0.326 e. The van der Waals surface area contributed by atoms with Crippen LogP contribution in [0.25, 0.3) is 0 Å². The van der Waals surface area contributed by atoms with Gasteiger partial charge in [-0.25, -0.2) is 0 Å². The third-order valence-electron chi connectivity index (χ3n) is 3.04. The third kappa shape index (κ3) is 1.95. The number of carbonyl (C=O) groups is 1. The van der Waals surface area contributed by atoms with Crippen molar-refractivity contribution in [2.45, 2.75) is 38.4 Å². The summed E-state index contributed by atoms with van der Waals surface area (Å²) in [6.45, 7) is 3.54. The van der Waals surface area contributed by atoms with E-state index in [1.54, 1.807) is 6.20 Å². The molecule has 0 amide bonds. The van der Waals surface area contributed by atoms with Crippen molar-refractivity contribution in [3.8, 4) is 0 Å². The molecule has 1 aliphatic rings. The number of aryl methyl sites for hydroxylation is 1. The van der Waals surface area contributed by atoms with E-state index in [0.29, 0.717) is 6.54 Å². The molecule has 0 unspecified atom stereocenters. The van der Waals surface area contributed by atoms with Crippen molar-refractivity contribution in [2.24, 2.45) is 0 Å². The molecule has 88 valence electrons. The number of rotatable bonds is 5. The molecule has 5 heteroatoms. The normalized spacial score (nSPS) is 17.1. The molecule has 0 bridgehead atoms. The average Bonchev–Trinajstić information content (AvgIpc) is 2.97. The molecule has 1 aliphatic carbocycles. The summed E-state index contributed by atoms with van der Waals surface area (Å²) in [6.07, 6.45) is 3.50. The Morgan fingerprint density at radius 3 is 3.00 bits per heavy atom. The number of methoxy groups -OCH3 is 1. The molecule has 16 heavy (non-hydrogen) atoms. The quantitative estimate of drug-likeness (QED) is 0.746. The van der Waals surface area contributed by atoms with Crippen LogP contribution < -0.4 is 5.32 Å². The molecule has 1 saturated carbocycles. The van der Waals surface area contributed by atoms with Gasteiger partial charge in [-0.3, -0.25) is 14.8 Å². The Kier molecular flexibility index (Phi) is 2.96. The van der Waals surface area contributed by atoms with Crippen LogP contribution in [-0.4, -0.2) is 28.4 Å². The zero-order chi connectivity index (χ0) is 11.6. The number of aromatic nitrogens is 2. The molecular formula is C11H17N3O2. The van der Waals surface area contributed by atoms with Crippen LogP contribution in [0.15, 0.2) is 12.3 Å². The minimum Gasteiger partial charge on any atom is -0.468 e. The fraction of sp³-hybridized carbons (Fsp3) is 0.636. The minimum absolute atomic E-state index is 0.157. The summed E-state index contributed by atoms with van der Waals surface area (Å²) in [5.41, 5.74) is 0.662. The van der Waals surface area contributed by atoms with Crippen molar-refractivity contribution in [3.63, 3.8) is 0 Å². The summed E-state index contributed by atoms with van der Waals surface area (Å²) in [7, 11) is 1.43. The molecule has 0 aliphatic heterocycles.